The van der Waals surface area contributed by atoms with Gasteiger partial charge in [0.2, 0.25) is 0 Å². The van der Waals surface area contributed by atoms with Gasteiger partial charge in [0.15, 0.2) is 0 Å². The summed E-state index contributed by atoms with van der Waals surface area (Å²) >= 11 is 5.96. The lowest BCUT2D eigenvalue weighted by atomic mass is 10.1. The van der Waals surface area contributed by atoms with Gasteiger partial charge in [-0.15, -0.1) is 24.0 Å². The summed E-state index contributed by atoms with van der Waals surface area (Å²) in [6, 6.07) is 3.85. The summed E-state index contributed by atoms with van der Waals surface area (Å²) in [6.45, 7) is -0.0232. The highest BCUT2D eigenvalue weighted by molar-refractivity contribution is 7.80. The molecule has 0 bridgehead atoms. The van der Waals surface area contributed by atoms with Crippen LogP contribution in [0.5, 0.6) is 5.75 Å². The summed E-state index contributed by atoms with van der Waals surface area (Å²) < 4.78 is 6.32. The van der Waals surface area contributed by atoms with Gasteiger partial charge in [0.25, 0.3) is 0 Å². The number of ether oxygens (including phenoxy) is 1. The average molecular weight is 226 g/mol. The minimum absolute atomic E-state index is 0.0232. The summed E-state index contributed by atoms with van der Waals surface area (Å²) in [5.41, 5.74) is 0.785. The van der Waals surface area contributed by atoms with E-state index in [1.807, 2.05) is 17.5 Å². The lowest BCUT2D eigenvalue weighted by Crippen LogP contribution is -1.92. The third kappa shape index (κ3) is 1.39. The second-order valence-electron chi connectivity index (χ2n) is 2.91. The Morgan fingerprint density at radius 2 is 2.36 bits per heavy atom. The van der Waals surface area contributed by atoms with Crippen molar-refractivity contribution >= 4 is 34.1 Å². The van der Waals surface area contributed by atoms with Gasteiger partial charge in [0.1, 0.15) is 5.75 Å². The molecule has 74 valence electrons. The van der Waals surface area contributed by atoms with E-state index >= 15 is 0 Å². The van der Waals surface area contributed by atoms with Crippen LogP contribution in [0.1, 0.15) is 5.56 Å². The maximum atomic E-state index is 9.16. The fourth-order valence-electron chi connectivity index (χ4n) is 1.48. The third-order valence-corrected chi connectivity index (χ3v) is 3.41. The van der Waals surface area contributed by atoms with E-state index in [1.54, 1.807) is 18.4 Å². The number of rotatable bonds is 2. The number of thiophene rings is 1. The van der Waals surface area contributed by atoms with E-state index < -0.39 is 0 Å². The fraction of sp³-hybridized carbons (Fsp3) is 0.200. The molecule has 4 heteroatoms. The molecule has 2 rings (SSSR count). The van der Waals surface area contributed by atoms with Crippen LogP contribution in [-0.4, -0.2) is 12.2 Å². The first-order chi connectivity index (χ1) is 6.77. The molecule has 2 aromatic rings. The molecule has 2 nitrogen and oxygen atoms in total. The Morgan fingerprint density at radius 1 is 1.57 bits per heavy atom. The normalized spacial score (nSPS) is 10.8. The Kier molecular flexibility index (Phi) is 2.67. The second kappa shape index (κ2) is 3.81. The summed E-state index contributed by atoms with van der Waals surface area (Å²) in [4.78, 5) is 0.881. The Labute approximate surface area is 91.5 Å². The maximum absolute atomic E-state index is 9.16. The SMILES string of the molecule is COc1c(CO)cc(S)c2ccsc12. The average Bonchev–Trinajstić information content (AvgIpc) is 2.66. The van der Waals surface area contributed by atoms with Gasteiger partial charge in [0.05, 0.1) is 18.4 Å². The van der Waals surface area contributed by atoms with Crippen LogP contribution in [0.25, 0.3) is 10.1 Å². The van der Waals surface area contributed by atoms with Crippen molar-refractivity contribution < 1.29 is 9.84 Å². The molecule has 1 N–H and O–H groups in total. The number of fused-ring (bicyclic) bond motifs is 1. The van der Waals surface area contributed by atoms with Crippen LogP contribution in [0, 0.1) is 0 Å². The van der Waals surface area contributed by atoms with Crippen molar-refractivity contribution in [2.24, 2.45) is 0 Å². The number of hydrogen-bond donors (Lipinski definition) is 2. The molecule has 0 aliphatic rings. The van der Waals surface area contributed by atoms with Gasteiger partial charge < -0.3 is 9.84 Å². The van der Waals surface area contributed by atoms with Crippen molar-refractivity contribution in [1.29, 1.82) is 0 Å². The van der Waals surface area contributed by atoms with Gasteiger partial charge in [-0.05, 0) is 17.5 Å². The number of thiol groups is 1. The van der Waals surface area contributed by atoms with Gasteiger partial charge in [-0.1, -0.05) is 0 Å². The van der Waals surface area contributed by atoms with E-state index in [2.05, 4.69) is 12.6 Å². The number of aliphatic hydroxyl groups excluding tert-OH is 1. The largest absolute Gasteiger partial charge is 0.495 e. The van der Waals surface area contributed by atoms with E-state index in [4.69, 9.17) is 9.84 Å². The topological polar surface area (TPSA) is 29.5 Å². The molecule has 0 radical (unpaired) electrons. The molecular weight excluding hydrogens is 216 g/mol. The molecule has 1 aromatic carbocycles. The number of methoxy groups -OCH3 is 1. The van der Waals surface area contributed by atoms with Gasteiger partial charge >= 0.3 is 0 Å². The summed E-state index contributed by atoms with van der Waals surface area (Å²) in [5, 5.41) is 12.2. The van der Waals surface area contributed by atoms with Crippen LogP contribution in [0.3, 0.4) is 0 Å². The predicted molar refractivity (Wildman–Crippen MR) is 61.6 cm³/mol. The zero-order valence-electron chi connectivity index (χ0n) is 7.65. The minimum atomic E-state index is -0.0232. The van der Waals surface area contributed by atoms with E-state index in [0.29, 0.717) is 0 Å². The standard InChI is InChI=1S/C10H10O2S2/c1-12-9-6(5-11)4-8(13)7-2-3-14-10(7)9/h2-4,11,13H,5H2,1H3. The van der Waals surface area contributed by atoms with Crippen molar-refractivity contribution in [2.75, 3.05) is 7.11 Å². The lowest BCUT2D eigenvalue weighted by molar-refractivity contribution is 0.274. The number of aliphatic hydroxyl groups is 1. The van der Waals surface area contributed by atoms with Crippen LogP contribution >= 0.6 is 24.0 Å². The van der Waals surface area contributed by atoms with Gasteiger partial charge in [0, 0.05) is 15.8 Å². The molecule has 0 aliphatic heterocycles. The molecule has 0 unspecified atom stereocenters. The Balaban J connectivity index is 2.82. The van der Waals surface area contributed by atoms with E-state index in [-0.39, 0.29) is 6.61 Å². The maximum Gasteiger partial charge on any atom is 0.142 e. The van der Waals surface area contributed by atoms with Crippen LogP contribution in [-0.2, 0) is 6.61 Å². The highest BCUT2D eigenvalue weighted by Gasteiger charge is 2.11. The highest BCUT2D eigenvalue weighted by atomic mass is 32.1. The molecule has 14 heavy (non-hydrogen) atoms. The molecule has 0 spiro atoms. The summed E-state index contributed by atoms with van der Waals surface area (Å²) in [6.07, 6.45) is 0. The molecule has 0 atom stereocenters. The molecule has 0 saturated carbocycles. The molecule has 1 aromatic heterocycles. The summed E-state index contributed by atoms with van der Waals surface area (Å²) in [5.74, 6) is 0.760. The first-order valence-electron chi connectivity index (χ1n) is 4.14. The van der Waals surface area contributed by atoms with Crippen molar-refractivity contribution in [2.45, 2.75) is 11.5 Å². The Hall–Kier alpha value is -0.710. The molecule has 0 amide bonds. The first kappa shape index (κ1) is 9.83. The van der Waals surface area contributed by atoms with Crippen LogP contribution < -0.4 is 4.74 Å². The molecule has 0 saturated heterocycles. The highest BCUT2D eigenvalue weighted by Crippen LogP contribution is 2.37. The van der Waals surface area contributed by atoms with E-state index in [9.17, 15) is 0 Å². The van der Waals surface area contributed by atoms with Crippen molar-refractivity contribution in [3.63, 3.8) is 0 Å². The second-order valence-corrected chi connectivity index (χ2v) is 4.31. The van der Waals surface area contributed by atoms with E-state index in [0.717, 1.165) is 26.3 Å². The van der Waals surface area contributed by atoms with Crippen molar-refractivity contribution in [3.05, 3.63) is 23.1 Å². The number of hydrogen-bond acceptors (Lipinski definition) is 4. The van der Waals surface area contributed by atoms with Crippen molar-refractivity contribution in [3.8, 4) is 5.75 Å². The molecular formula is C10H10O2S2. The monoisotopic (exact) mass is 226 g/mol. The van der Waals surface area contributed by atoms with Gasteiger partial charge in [-0.3, -0.25) is 0 Å². The molecule has 0 fully saturated rings. The quantitative estimate of drug-likeness (QED) is 0.771. The molecule has 0 aliphatic carbocycles. The van der Waals surface area contributed by atoms with Gasteiger partial charge in [-0.25, -0.2) is 0 Å². The van der Waals surface area contributed by atoms with Crippen LogP contribution in [0.2, 0.25) is 0 Å². The zero-order chi connectivity index (χ0) is 10.1. The van der Waals surface area contributed by atoms with E-state index in [1.165, 1.54) is 0 Å². The summed E-state index contributed by atoms with van der Waals surface area (Å²) in [7, 11) is 1.62. The smallest absolute Gasteiger partial charge is 0.142 e. The zero-order valence-corrected chi connectivity index (χ0v) is 9.36. The molecule has 1 heterocycles. The Morgan fingerprint density at radius 3 is 3.00 bits per heavy atom. The third-order valence-electron chi connectivity index (χ3n) is 2.12. The predicted octanol–water partition coefficient (Wildman–Crippen LogP) is 2.69. The first-order valence-corrected chi connectivity index (χ1v) is 5.47. The fourth-order valence-corrected chi connectivity index (χ4v) is 2.87. The lowest BCUT2D eigenvalue weighted by Gasteiger charge is -2.08. The van der Waals surface area contributed by atoms with Crippen LogP contribution in [0.4, 0.5) is 0 Å². The Bertz CT molecular complexity index is 462. The van der Waals surface area contributed by atoms with Crippen molar-refractivity contribution in [1.82, 2.24) is 0 Å². The van der Waals surface area contributed by atoms with Gasteiger partial charge in [-0.2, -0.15) is 0 Å². The minimum Gasteiger partial charge on any atom is -0.495 e. The number of benzene rings is 1. The van der Waals surface area contributed by atoms with Crippen LogP contribution in [0.15, 0.2) is 22.4 Å².